The summed E-state index contributed by atoms with van der Waals surface area (Å²) in [5.74, 6) is 3.47. The maximum atomic E-state index is 4.43. The Morgan fingerprint density at radius 1 is 0.923 bits per heavy atom. The van der Waals surface area contributed by atoms with E-state index in [1.54, 1.807) is 0 Å². The predicted octanol–water partition coefficient (Wildman–Crippen LogP) is 2.57. The van der Waals surface area contributed by atoms with Crippen LogP contribution in [-0.4, -0.2) is 51.0 Å². The highest BCUT2D eigenvalue weighted by Gasteiger charge is 2.32. The Hall–Kier alpha value is -2.08. The highest BCUT2D eigenvalue weighted by Crippen LogP contribution is 2.33. The van der Waals surface area contributed by atoms with Crippen molar-refractivity contribution in [2.75, 3.05) is 31.1 Å². The number of piperidine rings is 1. The number of aromatic nitrogens is 4. The van der Waals surface area contributed by atoms with Crippen molar-refractivity contribution in [2.45, 2.75) is 39.2 Å². The van der Waals surface area contributed by atoms with Gasteiger partial charge in [-0.15, -0.1) is 0 Å². The second-order valence-electron chi connectivity index (χ2n) is 7.52. The molecule has 26 heavy (non-hydrogen) atoms. The van der Waals surface area contributed by atoms with E-state index in [0.717, 1.165) is 49.7 Å². The van der Waals surface area contributed by atoms with Crippen molar-refractivity contribution < 1.29 is 0 Å². The van der Waals surface area contributed by atoms with E-state index in [4.69, 9.17) is 0 Å². The minimum absolute atomic E-state index is 0.824. The zero-order valence-electron chi connectivity index (χ0n) is 15.6. The normalized spacial score (nSPS) is 22.0. The molecule has 0 radical (unpaired) electrons. The summed E-state index contributed by atoms with van der Waals surface area (Å²) in [6.07, 6.45) is 12.4. The fourth-order valence-electron chi connectivity index (χ4n) is 4.32. The van der Waals surface area contributed by atoms with Gasteiger partial charge in [-0.1, -0.05) is 6.92 Å². The fourth-order valence-corrected chi connectivity index (χ4v) is 4.32. The van der Waals surface area contributed by atoms with E-state index < -0.39 is 0 Å². The van der Waals surface area contributed by atoms with Gasteiger partial charge < -0.3 is 4.90 Å². The number of rotatable bonds is 5. The Labute approximate surface area is 155 Å². The third kappa shape index (κ3) is 4.01. The molecule has 138 valence electrons. The SMILES string of the molecule is CCc1ncc(CN2CCC(C3CCN(c4ncccn4)CC3)C2)cn1. The molecule has 2 saturated heterocycles. The van der Waals surface area contributed by atoms with Crippen molar-refractivity contribution in [1.29, 1.82) is 0 Å². The summed E-state index contributed by atoms with van der Waals surface area (Å²) in [5.41, 5.74) is 1.24. The third-order valence-electron chi connectivity index (χ3n) is 5.83. The summed E-state index contributed by atoms with van der Waals surface area (Å²) in [4.78, 5) is 22.5. The molecule has 0 spiro atoms. The lowest BCUT2D eigenvalue weighted by molar-refractivity contribution is 0.251. The number of aryl methyl sites for hydroxylation is 1. The Morgan fingerprint density at radius 3 is 2.31 bits per heavy atom. The van der Waals surface area contributed by atoms with Crippen molar-refractivity contribution in [3.63, 3.8) is 0 Å². The molecule has 1 atom stereocenters. The quantitative estimate of drug-likeness (QED) is 0.824. The zero-order chi connectivity index (χ0) is 17.8. The van der Waals surface area contributed by atoms with Crippen LogP contribution in [0.1, 0.15) is 37.6 Å². The average Bonchev–Trinajstić information content (AvgIpc) is 3.18. The number of nitrogens with zero attached hydrogens (tertiary/aromatic N) is 6. The molecule has 4 heterocycles. The summed E-state index contributed by atoms with van der Waals surface area (Å²) in [7, 11) is 0. The molecule has 2 aromatic heterocycles. The predicted molar refractivity (Wildman–Crippen MR) is 102 cm³/mol. The van der Waals surface area contributed by atoms with Gasteiger partial charge in [0.15, 0.2) is 0 Å². The van der Waals surface area contributed by atoms with E-state index in [2.05, 4.69) is 36.7 Å². The fraction of sp³-hybridized carbons (Fsp3) is 0.600. The van der Waals surface area contributed by atoms with Gasteiger partial charge in [0.2, 0.25) is 5.95 Å². The molecule has 2 aliphatic rings. The highest BCUT2D eigenvalue weighted by molar-refractivity contribution is 5.28. The molecule has 0 N–H and O–H groups in total. The molecule has 0 amide bonds. The third-order valence-corrected chi connectivity index (χ3v) is 5.83. The van der Waals surface area contributed by atoms with E-state index in [1.165, 1.54) is 37.9 Å². The maximum absolute atomic E-state index is 4.43. The van der Waals surface area contributed by atoms with E-state index >= 15 is 0 Å². The molecular formula is C20H28N6. The molecular weight excluding hydrogens is 324 g/mol. The lowest BCUT2D eigenvalue weighted by atomic mass is 9.84. The molecule has 1 unspecified atom stereocenters. The second-order valence-corrected chi connectivity index (χ2v) is 7.52. The maximum Gasteiger partial charge on any atom is 0.225 e. The van der Waals surface area contributed by atoms with Gasteiger partial charge in [-0.2, -0.15) is 0 Å². The van der Waals surface area contributed by atoms with E-state index in [1.807, 2.05) is 30.9 Å². The molecule has 0 aliphatic carbocycles. The molecule has 0 saturated carbocycles. The first kappa shape index (κ1) is 17.3. The Morgan fingerprint density at radius 2 is 1.62 bits per heavy atom. The smallest absolute Gasteiger partial charge is 0.225 e. The first-order chi connectivity index (χ1) is 12.8. The van der Waals surface area contributed by atoms with Crippen LogP contribution in [0.3, 0.4) is 0 Å². The topological polar surface area (TPSA) is 58.0 Å². The van der Waals surface area contributed by atoms with Crippen molar-refractivity contribution in [3.05, 3.63) is 42.2 Å². The van der Waals surface area contributed by atoms with Crippen LogP contribution in [0.2, 0.25) is 0 Å². The number of hydrogen-bond acceptors (Lipinski definition) is 6. The van der Waals surface area contributed by atoms with Gasteiger partial charge in [0.05, 0.1) is 0 Å². The number of hydrogen-bond donors (Lipinski definition) is 0. The minimum Gasteiger partial charge on any atom is -0.341 e. The lowest BCUT2D eigenvalue weighted by Gasteiger charge is -2.34. The zero-order valence-corrected chi connectivity index (χ0v) is 15.6. The average molecular weight is 352 g/mol. The van der Waals surface area contributed by atoms with E-state index in [9.17, 15) is 0 Å². The van der Waals surface area contributed by atoms with Gasteiger partial charge in [0.1, 0.15) is 5.82 Å². The molecule has 4 rings (SSSR count). The van der Waals surface area contributed by atoms with E-state index in [-0.39, 0.29) is 0 Å². The van der Waals surface area contributed by atoms with Crippen molar-refractivity contribution in [3.8, 4) is 0 Å². The van der Waals surface area contributed by atoms with Gasteiger partial charge in [-0.05, 0) is 43.7 Å². The van der Waals surface area contributed by atoms with Gasteiger partial charge in [-0.25, -0.2) is 19.9 Å². The van der Waals surface area contributed by atoms with Crippen LogP contribution in [0, 0.1) is 11.8 Å². The molecule has 2 aromatic rings. The summed E-state index contributed by atoms with van der Waals surface area (Å²) >= 11 is 0. The van der Waals surface area contributed by atoms with Gasteiger partial charge in [-0.3, -0.25) is 4.90 Å². The van der Waals surface area contributed by atoms with Crippen LogP contribution < -0.4 is 4.90 Å². The van der Waals surface area contributed by atoms with Crippen LogP contribution in [0.4, 0.5) is 5.95 Å². The highest BCUT2D eigenvalue weighted by atomic mass is 15.2. The van der Waals surface area contributed by atoms with Crippen LogP contribution in [-0.2, 0) is 13.0 Å². The van der Waals surface area contributed by atoms with Crippen LogP contribution in [0.25, 0.3) is 0 Å². The monoisotopic (exact) mass is 352 g/mol. The first-order valence-electron chi connectivity index (χ1n) is 9.86. The molecule has 2 fully saturated rings. The summed E-state index contributed by atoms with van der Waals surface area (Å²) in [6, 6.07) is 1.88. The minimum atomic E-state index is 0.824. The lowest BCUT2D eigenvalue weighted by Crippen LogP contribution is -2.37. The van der Waals surface area contributed by atoms with Gasteiger partial charge in [0.25, 0.3) is 0 Å². The molecule has 6 nitrogen and oxygen atoms in total. The standard InChI is InChI=1S/C20H28N6/c1-2-19-23-12-16(13-24-19)14-25-9-4-18(15-25)17-5-10-26(11-6-17)20-21-7-3-8-22-20/h3,7-8,12-13,17-18H,2,4-6,9-11,14-15H2,1H3. The number of anilines is 1. The Balaban J connectivity index is 1.26. The largest absolute Gasteiger partial charge is 0.341 e. The van der Waals surface area contributed by atoms with Crippen LogP contribution >= 0.6 is 0 Å². The Kier molecular flexibility index (Phi) is 5.39. The summed E-state index contributed by atoms with van der Waals surface area (Å²) in [6.45, 7) is 7.64. The van der Waals surface area contributed by atoms with Gasteiger partial charge in [0, 0.05) is 63.0 Å². The molecule has 6 heteroatoms. The van der Waals surface area contributed by atoms with Crippen LogP contribution in [0.15, 0.2) is 30.9 Å². The van der Waals surface area contributed by atoms with E-state index in [0.29, 0.717) is 0 Å². The summed E-state index contributed by atoms with van der Waals surface area (Å²) in [5, 5.41) is 0. The first-order valence-corrected chi connectivity index (χ1v) is 9.86. The Bertz CT molecular complexity index is 681. The van der Waals surface area contributed by atoms with Gasteiger partial charge >= 0.3 is 0 Å². The van der Waals surface area contributed by atoms with Crippen molar-refractivity contribution in [2.24, 2.45) is 11.8 Å². The second kappa shape index (κ2) is 8.08. The van der Waals surface area contributed by atoms with Crippen molar-refractivity contribution >= 4 is 5.95 Å². The van der Waals surface area contributed by atoms with Crippen LogP contribution in [0.5, 0.6) is 0 Å². The van der Waals surface area contributed by atoms with Crippen molar-refractivity contribution in [1.82, 2.24) is 24.8 Å². The summed E-state index contributed by atoms with van der Waals surface area (Å²) < 4.78 is 0. The molecule has 0 aromatic carbocycles. The molecule has 0 bridgehead atoms. The number of likely N-dealkylation sites (tertiary alicyclic amines) is 1. The molecule has 2 aliphatic heterocycles.